The second kappa shape index (κ2) is 6.46. The minimum Gasteiger partial charge on any atom is -0.335 e. The van der Waals surface area contributed by atoms with E-state index in [1.165, 1.54) is 45.6 Å². The summed E-state index contributed by atoms with van der Waals surface area (Å²) in [5, 5.41) is 0. The molecule has 1 saturated heterocycles. The van der Waals surface area contributed by atoms with Gasteiger partial charge < -0.3 is 14.7 Å². The average molecular weight is 216 g/mol. The van der Waals surface area contributed by atoms with E-state index < -0.39 is 0 Å². The number of piperidine rings is 1. The highest BCUT2D eigenvalue weighted by Crippen LogP contribution is 1.94. The number of rotatable bonds is 5. The average Bonchev–Trinajstić information content (AvgIpc) is 2.26. The molecule has 0 aromatic carbocycles. The van der Waals surface area contributed by atoms with Gasteiger partial charge in [0.1, 0.15) is 13.1 Å². The molecule has 1 atom stereocenters. The lowest BCUT2D eigenvalue weighted by atomic mass is 10.0. The van der Waals surface area contributed by atoms with Gasteiger partial charge >= 0.3 is 0 Å². The SMILES string of the molecule is CC[NH+]1CCC([NH+](C)CC[NH+](C)C)CC1. The van der Waals surface area contributed by atoms with Crippen LogP contribution >= 0.6 is 0 Å². The quantitative estimate of drug-likeness (QED) is 0.427. The summed E-state index contributed by atoms with van der Waals surface area (Å²) in [6.07, 6.45) is 2.86. The van der Waals surface area contributed by atoms with Crippen molar-refractivity contribution in [1.82, 2.24) is 0 Å². The Hall–Kier alpha value is -0.120. The predicted octanol–water partition coefficient (Wildman–Crippen LogP) is -3.29. The molecule has 0 bridgehead atoms. The minimum atomic E-state index is 0.930. The van der Waals surface area contributed by atoms with Crippen LogP contribution in [-0.4, -0.2) is 59.9 Å². The monoisotopic (exact) mass is 216 g/mol. The van der Waals surface area contributed by atoms with Crippen molar-refractivity contribution < 1.29 is 14.7 Å². The Bertz CT molecular complexity index is 162. The van der Waals surface area contributed by atoms with Gasteiger partial charge in [-0.3, -0.25) is 0 Å². The summed E-state index contributed by atoms with van der Waals surface area (Å²) in [6.45, 7) is 9.04. The minimum absolute atomic E-state index is 0.930. The lowest BCUT2D eigenvalue weighted by Gasteiger charge is -2.31. The molecule has 3 heteroatoms. The number of likely N-dealkylation sites (N-methyl/N-ethyl adjacent to an activating group) is 2. The second-order valence-corrected chi connectivity index (χ2v) is 5.43. The van der Waals surface area contributed by atoms with Gasteiger partial charge in [-0.2, -0.15) is 0 Å². The van der Waals surface area contributed by atoms with E-state index in [2.05, 4.69) is 28.1 Å². The summed E-state index contributed by atoms with van der Waals surface area (Å²) < 4.78 is 0. The molecule has 1 aliphatic heterocycles. The molecule has 0 spiro atoms. The van der Waals surface area contributed by atoms with Gasteiger partial charge in [0.25, 0.3) is 0 Å². The van der Waals surface area contributed by atoms with E-state index >= 15 is 0 Å². The number of nitrogens with one attached hydrogen (secondary N) is 3. The molecule has 1 fully saturated rings. The van der Waals surface area contributed by atoms with Gasteiger partial charge in [-0.15, -0.1) is 0 Å². The molecule has 1 aliphatic rings. The maximum absolute atomic E-state index is 2.38. The molecule has 0 aliphatic carbocycles. The largest absolute Gasteiger partial charge is 0.335 e. The van der Waals surface area contributed by atoms with Crippen LogP contribution in [0.3, 0.4) is 0 Å². The molecule has 15 heavy (non-hydrogen) atoms. The number of hydrogen-bond acceptors (Lipinski definition) is 0. The first kappa shape index (κ1) is 12.9. The van der Waals surface area contributed by atoms with Gasteiger partial charge in [0.15, 0.2) is 0 Å². The van der Waals surface area contributed by atoms with Crippen LogP contribution in [0.25, 0.3) is 0 Å². The van der Waals surface area contributed by atoms with Crippen LogP contribution in [0.4, 0.5) is 0 Å². The lowest BCUT2D eigenvalue weighted by Crippen LogP contribution is -3.21. The molecular formula is C12H30N3+3. The smallest absolute Gasteiger partial charge is 0.127 e. The van der Waals surface area contributed by atoms with Gasteiger partial charge in [-0.05, 0) is 6.92 Å². The summed E-state index contributed by atoms with van der Waals surface area (Å²) in [5.74, 6) is 0. The first-order valence-electron chi connectivity index (χ1n) is 6.58. The summed E-state index contributed by atoms with van der Waals surface area (Å²) >= 11 is 0. The molecule has 1 heterocycles. The Labute approximate surface area is 95.0 Å². The van der Waals surface area contributed by atoms with Crippen LogP contribution in [0.5, 0.6) is 0 Å². The first-order valence-corrected chi connectivity index (χ1v) is 6.58. The fourth-order valence-corrected chi connectivity index (χ4v) is 2.52. The highest BCUT2D eigenvalue weighted by molar-refractivity contribution is 4.58. The molecule has 3 nitrogen and oxygen atoms in total. The zero-order valence-corrected chi connectivity index (χ0v) is 11.0. The van der Waals surface area contributed by atoms with Crippen LogP contribution in [0.15, 0.2) is 0 Å². The second-order valence-electron chi connectivity index (χ2n) is 5.43. The van der Waals surface area contributed by atoms with E-state index in [1.807, 2.05) is 0 Å². The molecule has 3 N–H and O–H groups in total. The zero-order chi connectivity index (χ0) is 11.3. The van der Waals surface area contributed by atoms with Gasteiger partial charge in [-0.1, -0.05) is 0 Å². The van der Waals surface area contributed by atoms with Crippen LogP contribution in [0.2, 0.25) is 0 Å². The van der Waals surface area contributed by atoms with Crippen molar-refractivity contribution in [3.05, 3.63) is 0 Å². The normalized spacial score (nSPS) is 29.4. The summed E-state index contributed by atoms with van der Waals surface area (Å²) in [6, 6.07) is 0.930. The predicted molar refractivity (Wildman–Crippen MR) is 63.7 cm³/mol. The first-order chi connectivity index (χ1) is 7.13. The lowest BCUT2D eigenvalue weighted by molar-refractivity contribution is -0.965. The van der Waals surface area contributed by atoms with E-state index in [9.17, 15) is 0 Å². The zero-order valence-electron chi connectivity index (χ0n) is 11.0. The number of likely N-dealkylation sites (tertiary alicyclic amines) is 1. The topological polar surface area (TPSA) is 13.3 Å². The molecule has 1 unspecified atom stereocenters. The Balaban J connectivity index is 2.20. The maximum atomic E-state index is 2.38. The van der Waals surface area contributed by atoms with Gasteiger partial charge in [0.05, 0.1) is 46.8 Å². The third-order valence-electron chi connectivity index (χ3n) is 3.91. The van der Waals surface area contributed by atoms with Crippen LogP contribution in [0.1, 0.15) is 19.8 Å². The third-order valence-corrected chi connectivity index (χ3v) is 3.91. The van der Waals surface area contributed by atoms with Gasteiger partial charge in [0.2, 0.25) is 0 Å². The Morgan fingerprint density at radius 2 is 1.67 bits per heavy atom. The van der Waals surface area contributed by atoms with Crippen molar-refractivity contribution in [3.63, 3.8) is 0 Å². The van der Waals surface area contributed by atoms with Crippen LogP contribution in [-0.2, 0) is 0 Å². The van der Waals surface area contributed by atoms with Crippen molar-refractivity contribution >= 4 is 0 Å². The standard InChI is InChI=1S/C12H27N3/c1-5-15-8-6-12(7-9-15)14(4)11-10-13(2)3/h12H,5-11H2,1-4H3/p+3. The molecule has 0 saturated carbocycles. The molecule has 90 valence electrons. The van der Waals surface area contributed by atoms with Gasteiger partial charge in [0, 0.05) is 12.8 Å². The van der Waals surface area contributed by atoms with E-state index in [1.54, 1.807) is 14.7 Å². The Morgan fingerprint density at radius 3 is 2.13 bits per heavy atom. The van der Waals surface area contributed by atoms with Crippen molar-refractivity contribution in [2.24, 2.45) is 0 Å². The van der Waals surface area contributed by atoms with Crippen LogP contribution in [0, 0.1) is 0 Å². The molecular weight excluding hydrogens is 186 g/mol. The molecule has 0 amide bonds. The van der Waals surface area contributed by atoms with Crippen molar-refractivity contribution in [2.75, 3.05) is 53.9 Å². The summed E-state index contributed by atoms with van der Waals surface area (Å²) in [4.78, 5) is 5.13. The maximum Gasteiger partial charge on any atom is 0.127 e. The summed E-state index contributed by atoms with van der Waals surface area (Å²) in [7, 11) is 6.87. The van der Waals surface area contributed by atoms with Crippen molar-refractivity contribution in [1.29, 1.82) is 0 Å². The molecule has 0 radical (unpaired) electrons. The number of hydrogen-bond donors (Lipinski definition) is 3. The fourth-order valence-electron chi connectivity index (χ4n) is 2.52. The van der Waals surface area contributed by atoms with Crippen molar-refractivity contribution in [2.45, 2.75) is 25.8 Å². The van der Waals surface area contributed by atoms with E-state index in [0.717, 1.165) is 6.04 Å². The van der Waals surface area contributed by atoms with E-state index in [0.29, 0.717) is 0 Å². The highest BCUT2D eigenvalue weighted by Gasteiger charge is 2.26. The Morgan fingerprint density at radius 1 is 1.07 bits per heavy atom. The molecule has 0 aromatic heterocycles. The third kappa shape index (κ3) is 4.49. The fraction of sp³-hybridized carbons (Fsp3) is 1.00. The van der Waals surface area contributed by atoms with E-state index in [-0.39, 0.29) is 0 Å². The molecule has 1 rings (SSSR count). The van der Waals surface area contributed by atoms with Gasteiger partial charge in [-0.25, -0.2) is 0 Å². The number of quaternary nitrogens is 3. The van der Waals surface area contributed by atoms with E-state index in [4.69, 9.17) is 0 Å². The van der Waals surface area contributed by atoms with Crippen LogP contribution < -0.4 is 14.7 Å². The highest BCUT2D eigenvalue weighted by atomic mass is 15.2. The van der Waals surface area contributed by atoms with Crippen molar-refractivity contribution in [3.8, 4) is 0 Å². The molecule has 0 aromatic rings. The summed E-state index contributed by atoms with van der Waals surface area (Å²) in [5.41, 5.74) is 0. The Kier molecular flexibility index (Phi) is 5.58.